The largest absolute Gasteiger partial charge is 0.313 e. The molecule has 0 spiro atoms. The molecule has 2 aromatic rings. The Morgan fingerprint density at radius 2 is 2.15 bits per heavy atom. The van der Waals surface area contributed by atoms with Crippen LogP contribution in [0.3, 0.4) is 0 Å². The minimum absolute atomic E-state index is 0.382. The molecule has 0 aromatic carbocycles. The second-order valence-corrected chi connectivity index (χ2v) is 6.85. The van der Waals surface area contributed by atoms with E-state index in [2.05, 4.69) is 50.6 Å². The number of hydrogen-bond donors (Lipinski definition) is 1. The molecule has 1 unspecified atom stereocenters. The van der Waals surface area contributed by atoms with Crippen LogP contribution >= 0.6 is 27.3 Å². The number of hydrogen-bond acceptors (Lipinski definition) is 4. The number of aromatic nitrogens is 3. The van der Waals surface area contributed by atoms with E-state index in [9.17, 15) is 0 Å². The number of halogens is 1. The molecule has 0 radical (unpaired) electrons. The molecule has 0 aliphatic carbocycles. The van der Waals surface area contributed by atoms with Crippen molar-refractivity contribution in [2.45, 2.75) is 39.7 Å². The fourth-order valence-corrected chi connectivity index (χ4v) is 3.52. The first-order chi connectivity index (χ1) is 9.51. The highest BCUT2D eigenvalue weighted by atomic mass is 79.9. The third kappa shape index (κ3) is 3.68. The summed E-state index contributed by atoms with van der Waals surface area (Å²) < 4.78 is 3.09. The molecule has 0 bridgehead atoms. The molecule has 0 saturated carbocycles. The predicted octanol–water partition coefficient (Wildman–Crippen LogP) is 3.02. The Balaban J connectivity index is 2.12. The van der Waals surface area contributed by atoms with Gasteiger partial charge in [0.15, 0.2) is 0 Å². The zero-order valence-electron chi connectivity index (χ0n) is 12.4. The average Bonchev–Trinajstić information content (AvgIpc) is 2.89. The van der Waals surface area contributed by atoms with E-state index < -0.39 is 0 Å². The number of aryl methyl sites for hydroxylation is 3. The van der Waals surface area contributed by atoms with E-state index >= 15 is 0 Å². The van der Waals surface area contributed by atoms with Gasteiger partial charge in [0.25, 0.3) is 0 Å². The molecule has 0 aliphatic rings. The Labute approximate surface area is 132 Å². The summed E-state index contributed by atoms with van der Waals surface area (Å²) in [7, 11) is 2.00. The van der Waals surface area contributed by atoms with Crippen molar-refractivity contribution in [2.75, 3.05) is 6.54 Å². The lowest BCUT2D eigenvalue weighted by atomic mass is 10.1. The van der Waals surface area contributed by atoms with Crippen LogP contribution in [0.5, 0.6) is 0 Å². The zero-order chi connectivity index (χ0) is 14.7. The molecule has 0 amide bonds. The van der Waals surface area contributed by atoms with Gasteiger partial charge in [0.1, 0.15) is 0 Å². The van der Waals surface area contributed by atoms with E-state index in [4.69, 9.17) is 0 Å². The Hall–Kier alpha value is -0.720. The van der Waals surface area contributed by atoms with Crippen molar-refractivity contribution < 1.29 is 0 Å². The van der Waals surface area contributed by atoms with Gasteiger partial charge in [-0.15, -0.1) is 11.3 Å². The van der Waals surface area contributed by atoms with Gasteiger partial charge < -0.3 is 5.32 Å². The van der Waals surface area contributed by atoms with Crippen LogP contribution in [0, 0.1) is 13.8 Å². The van der Waals surface area contributed by atoms with Gasteiger partial charge in [0.2, 0.25) is 0 Å². The number of rotatable bonds is 6. The van der Waals surface area contributed by atoms with Crippen molar-refractivity contribution in [3.8, 4) is 0 Å². The first-order valence-corrected chi connectivity index (χ1v) is 8.50. The SMILES string of the molecule is CCNC(Cc1csc(C)n1)Cc1c(Br)c(C)nn1C. The van der Waals surface area contributed by atoms with Gasteiger partial charge in [-0.3, -0.25) is 4.68 Å². The molecule has 0 fully saturated rings. The maximum atomic E-state index is 4.57. The van der Waals surface area contributed by atoms with Gasteiger partial charge in [-0.25, -0.2) is 4.98 Å². The molecule has 1 atom stereocenters. The van der Waals surface area contributed by atoms with Crippen LogP contribution in [0.15, 0.2) is 9.85 Å². The summed E-state index contributed by atoms with van der Waals surface area (Å²) >= 11 is 5.36. The van der Waals surface area contributed by atoms with Crippen molar-refractivity contribution >= 4 is 27.3 Å². The highest BCUT2D eigenvalue weighted by Crippen LogP contribution is 2.22. The molecule has 2 heterocycles. The standard InChI is InChI=1S/C14H21BrN4S/c1-5-16-11(6-12-8-20-10(3)17-12)7-13-14(15)9(2)18-19(13)4/h8,11,16H,5-7H2,1-4H3. The Morgan fingerprint density at radius 1 is 1.40 bits per heavy atom. The van der Waals surface area contributed by atoms with Gasteiger partial charge in [-0.05, 0) is 36.3 Å². The van der Waals surface area contributed by atoms with E-state index in [-0.39, 0.29) is 0 Å². The summed E-state index contributed by atoms with van der Waals surface area (Å²) in [5.41, 5.74) is 3.45. The molecule has 0 saturated heterocycles. The zero-order valence-corrected chi connectivity index (χ0v) is 14.8. The lowest BCUT2D eigenvalue weighted by molar-refractivity contribution is 0.500. The van der Waals surface area contributed by atoms with Crippen molar-refractivity contribution in [2.24, 2.45) is 7.05 Å². The predicted molar refractivity (Wildman–Crippen MR) is 87.4 cm³/mol. The van der Waals surface area contributed by atoms with Gasteiger partial charge in [0.05, 0.1) is 26.6 Å². The first-order valence-electron chi connectivity index (χ1n) is 6.83. The molecule has 20 heavy (non-hydrogen) atoms. The third-order valence-corrected chi connectivity index (χ3v) is 5.17. The highest BCUT2D eigenvalue weighted by Gasteiger charge is 2.17. The van der Waals surface area contributed by atoms with Crippen molar-refractivity contribution in [3.63, 3.8) is 0 Å². The maximum absolute atomic E-state index is 4.57. The number of nitrogens with zero attached hydrogens (tertiary/aromatic N) is 3. The van der Waals surface area contributed by atoms with Crippen molar-refractivity contribution in [1.29, 1.82) is 0 Å². The molecular formula is C14H21BrN4S. The van der Waals surface area contributed by atoms with Gasteiger partial charge in [0, 0.05) is 31.3 Å². The molecule has 110 valence electrons. The minimum Gasteiger partial charge on any atom is -0.313 e. The maximum Gasteiger partial charge on any atom is 0.0897 e. The molecular weight excluding hydrogens is 336 g/mol. The van der Waals surface area contributed by atoms with Crippen molar-refractivity contribution in [3.05, 3.63) is 31.9 Å². The van der Waals surface area contributed by atoms with Gasteiger partial charge in [-0.2, -0.15) is 5.10 Å². The van der Waals surface area contributed by atoms with Crippen LogP contribution in [0.4, 0.5) is 0 Å². The van der Waals surface area contributed by atoms with Crippen LogP contribution in [0.1, 0.15) is 29.0 Å². The van der Waals surface area contributed by atoms with Crippen LogP contribution in [0.2, 0.25) is 0 Å². The van der Waals surface area contributed by atoms with Crippen LogP contribution in [-0.2, 0) is 19.9 Å². The Bertz CT molecular complexity index is 576. The topological polar surface area (TPSA) is 42.7 Å². The van der Waals surface area contributed by atoms with Crippen molar-refractivity contribution in [1.82, 2.24) is 20.1 Å². The number of likely N-dealkylation sites (N-methyl/N-ethyl adjacent to an activating group) is 1. The normalized spacial score (nSPS) is 12.8. The number of nitrogens with one attached hydrogen (secondary N) is 1. The quantitative estimate of drug-likeness (QED) is 0.864. The molecule has 2 aromatic heterocycles. The number of thiazole rings is 1. The molecule has 0 aliphatic heterocycles. The molecule has 2 rings (SSSR count). The summed E-state index contributed by atoms with van der Waals surface area (Å²) in [6.45, 7) is 7.18. The minimum atomic E-state index is 0.382. The molecule has 1 N–H and O–H groups in total. The molecule has 6 heteroatoms. The van der Waals surface area contributed by atoms with Gasteiger partial charge >= 0.3 is 0 Å². The summed E-state index contributed by atoms with van der Waals surface area (Å²) in [6, 6.07) is 0.382. The summed E-state index contributed by atoms with van der Waals surface area (Å²) in [6.07, 6.45) is 1.90. The second-order valence-electron chi connectivity index (χ2n) is 4.99. The van der Waals surface area contributed by atoms with Crippen LogP contribution < -0.4 is 5.32 Å². The van der Waals surface area contributed by atoms with Crippen LogP contribution in [0.25, 0.3) is 0 Å². The van der Waals surface area contributed by atoms with Crippen LogP contribution in [-0.4, -0.2) is 27.4 Å². The summed E-state index contributed by atoms with van der Waals surface area (Å²) in [5.74, 6) is 0. The highest BCUT2D eigenvalue weighted by molar-refractivity contribution is 9.10. The van der Waals surface area contributed by atoms with E-state index in [1.54, 1.807) is 11.3 Å². The molecule has 4 nitrogen and oxygen atoms in total. The Kier molecular flexibility index (Phi) is 5.35. The Morgan fingerprint density at radius 3 is 2.65 bits per heavy atom. The van der Waals surface area contributed by atoms with E-state index in [1.807, 2.05) is 18.7 Å². The van der Waals surface area contributed by atoms with E-state index in [0.717, 1.165) is 34.6 Å². The summed E-state index contributed by atoms with van der Waals surface area (Å²) in [5, 5.41) is 11.3. The fraction of sp³-hybridized carbons (Fsp3) is 0.571. The van der Waals surface area contributed by atoms with E-state index in [1.165, 1.54) is 11.4 Å². The monoisotopic (exact) mass is 356 g/mol. The lowest BCUT2D eigenvalue weighted by Crippen LogP contribution is -2.34. The lowest BCUT2D eigenvalue weighted by Gasteiger charge is -2.17. The van der Waals surface area contributed by atoms with Gasteiger partial charge in [-0.1, -0.05) is 6.92 Å². The van der Waals surface area contributed by atoms with E-state index in [0.29, 0.717) is 6.04 Å². The second kappa shape index (κ2) is 6.83. The smallest absolute Gasteiger partial charge is 0.0897 e. The third-order valence-electron chi connectivity index (χ3n) is 3.32. The average molecular weight is 357 g/mol. The summed E-state index contributed by atoms with van der Waals surface area (Å²) in [4.78, 5) is 4.57. The first kappa shape index (κ1) is 15.7. The fourth-order valence-electron chi connectivity index (χ4n) is 2.39.